The molecule has 0 radical (unpaired) electrons. The number of hydrogen-bond acceptors (Lipinski definition) is 4. The van der Waals surface area contributed by atoms with Gasteiger partial charge in [-0.2, -0.15) is 5.26 Å². The van der Waals surface area contributed by atoms with E-state index in [0.717, 1.165) is 30.4 Å². The van der Waals surface area contributed by atoms with Crippen molar-refractivity contribution < 1.29 is 14.0 Å². The van der Waals surface area contributed by atoms with Crippen LogP contribution in [-0.2, 0) is 6.42 Å². The first-order valence-electron chi connectivity index (χ1n) is 10.5. The molecule has 0 saturated heterocycles. The Morgan fingerprint density at radius 3 is 2.91 bits per heavy atom. The van der Waals surface area contributed by atoms with Crippen LogP contribution in [0.5, 0.6) is 0 Å². The number of aryl methyl sites for hydroxylation is 1. The lowest BCUT2D eigenvalue weighted by molar-refractivity contribution is 0.0929. The van der Waals surface area contributed by atoms with E-state index in [1.807, 2.05) is 6.07 Å². The van der Waals surface area contributed by atoms with Gasteiger partial charge in [-0.15, -0.1) is 0 Å². The van der Waals surface area contributed by atoms with Crippen molar-refractivity contribution in [2.45, 2.75) is 25.3 Å². The Morgan fingerprint density at radius 1 is 1.21 bits per heavy atom. The first-order valence-corrected chi connectivity index (χ1v) is 10.5. The van der Waals surface area contributed by atoms with Crippen molar-refractivity contribution in [2.75, 3.05) is 5.32 Å². The van der Waals surface area contributed by atoms with Gasteiger partial charge >= 0.3 is 0 Å². The molecular weight excluding hydrogens is 423 g/mol. The maximum atomic E-state index is 13.6. The number of imidazole rings is 1. The smallest absolute Gasteiger partial charge is 0.272 e. The van der Waals surface area contributed by atoms with Crippen LogP contribution in [0.3, 0.4) is 0 Å². The van der Waals surface area contributed by atoms with Crippen LogP contribution in [-0.4, -0.2) is 26.2 Å². The van der Waals surface area contributed by atoms with Gasteiger partial charge in [-0.3, -0.25) is 9.59 Å². The van der Waals surface area contributed by atoms with Crippen molar-refractivity contribution in [3.05, 3.63) is 89.0 Å². The van der Waals surface area contributed by atoms with E-state index < -0.39 is 0 Å². The molecule has 9 heteroatoms. The molecule has 33 heavy (non-hydrogen) atoms. The highest BCUT2D eigenvalue weighted by Crippen LogP contribution is 2.30. The largest absolute Gasteiger partial charge is 0.356 e. The third-order valence-electron chi connectivity index (χ3n) is 5.79. The number of anilines is 1. The number of pyridine rings is 1. The van der Waals surface area contributed by atoms with Crippen LogP contribution in [0.25, 0.3) is 5.52 Å². The number of nitriles is 1. The van der Waals surface area contributed by atoms with Crippen molar-refractivity contribution in [2.24, 2.45) is 0 Å². The fourth-order valence-electron chi connectivity index (χ4n) is 4.20. The summed E-state index contributed by atoms with van der Waals surface area (Å²) in [6.45, 7) is 0. The highest BCUT2D eigenvalue weighted by atomic mass is 19.1. The lowest BCUT2D eigenvalue weighted by Crippen LogP contribution is -2.31. The molecule has 1 aromatic carbocycles. The first-order chi connectivity index (χ1) is 16.0. The molecule has 1 aliphatic rings. The predicted octanol–water partition coefficient (Wildman–Crippen LogP) is 3.73. The van der Waals surface area contributed by atoms with Gasteiger partial charge in [-0.05, 0) is 60.7 Å². The number of aromatic nitrogens is 3. The summed E-state index contributed by atoms with van der Waals surface area (Å²) in [6.07, 6.45) is 7.06. The minimum absolute atomic E-state index is 0.198. The highest BCUT2D eigenvalue weighted by molar-refractivity contribution is 6.03. The Labute approximate surface area is 188 Å². The molecule has 1 atom stereocenters. The first kappa shape index (κ1) is 20.5. The van der Waals surface area contributed by atoms with Gasteiger partial charge in [0.05, 0.1) is 22.8 Å². The summed E-state index contributed by atoms with van der Waals surface area (Å²) in [5, 5.41) is 14.7. The highest BCUT2D eigenvalue weighted by Gasteiger charge is 2.24. The van der Waals surface area contributed by atoms with Crippen LogP contribution in [0.1, 0.15) is 56.6 Å². The summed E-state index contributed by atoms with van der Waals surface area (Å²) in [7, 11) is 0. The van der Waals surface area contributed by atoms with Crippen molar-refractivity contribution in [3.8, 4) is 6.07 Å². The van der Waals surface area contributed by atoms with Gasteiger partial charge in [0.2, 0.25) is 0 Å². The van der Waals surface area contributed by atoms with E-state index in [1.54, 1.807) is 28.8 Å². The van der Waals surface area contributed by atoms with E-state index in [1.165, 1.54) is 30.7 Å². The van der Waals surface area contributed by atoms with Gasteiger partial charge in [0, 0.05) is 12.4 Å². The molecule has 3 N–H and O–H groups in total. The van der Waals surface area contributed by atoms with Crippen LogP contribution >= 0.6 is 0 Å². The topological polar surface area (TPSA) is 115 Å². The van der Waals surface area contributed by atoms with Gasteiger partial charge < -0.3 is 20.0 Å². The number of aromatic amines is 1. The van der Waals surface area contributed by atoms with Gasteiger partial charge in [-0.1, -0.05) is 6.07 Å². The molecule has 4 aromatic rings. The maximum Gasteiger partial charge on any atom is 0.272 e. The van der Waals surface area contributed by atoms with Crippen molar-refractivity contribution in [3.63, 3.8) is 0 Å². The van der Waals surface area contributed by atoms with Gasteiger partial charge in [0.1, 0.15) is 23.9 Å². The molecule has 0 aliphatic heterocycles. The monoisotopic (exact) mass is 442 g/mol. The third-order valence-corrected chi connectivity index (χ3v) is 5.79. The second-order valence-corrected chi connectivity index (χ2v) is 7.93. The minimum Gasteiger partial charge on any atom is -0.356 e. The Hall–Kier alpha value is -4.45. The average molecular weight is 442 g/mol. The molecule has 8 nitrogen and oxygen atoms in total. The van der Waals surface area contributed by atoms with E-state index >= 15 is 0 Å². The van der Waals surface area contributed by atoms with Crippen LogP contribution in [0.2, 0.25) is 0 Å². The summed E-state index contributed by atoms with van der Waals surface area (Å²) < 4.78 is 15.2. The van der Waals surface area contributed by atoms with E-state index in [4.69, 9.17) is 5.26 Å². The summed E-state index contributed by atoms with van der Waals surface area (Å²) in [4.78, 5) is 32.4. The molecule has 3 heterocycles. The van der Waals surface area contributed by atoms with E-state index in [2.05, 4.69) is 20.6 Å². The number of benzene rings is 1. The second kappa shape index (κ2) is 8.24. The Morgan fingerprint density at radius 2 is 2.09 bits per heavy atom. The van der Waals surface area contributed by atoms with Crippen molar-refractivity contribution in [1.82, 2.24) is 19.7 Å². The number of nitrogens with one attached hydrogen (secondary N) is 3. The van der Waals surface area contributed by atoms with E-state index in [9.17, 15) is 14.0 Å². The zero-order valence-corrected chi connectivity index (χ0v) is 17.4. The quantitative estimate of drug-likeness (QED) is 0.447. The number of fused-ring (bicyclic) bond motifs is 2. The Balaban J connectivity index is 1.33. The lowest BCUT2D eigenvalue weighted by atomic mass is 9.87. The SMILES string of the molecule is N#Cc1c[nH]c(C(=O)Nc2ccc3c(C(=O)N[C@@H]4CCCc5cc(F)ccc54)ncn3c2)c1. The predicted molar refractivity (Wildman–Crippen MR) is 118 cm³/mol. The zero-order valence-electron chi connectivity index (χ0n) is 17.4. The van der Waals surface area contributed by atoms with Gasteiger partial charge in [-0.25, -0.2) is 9.37 Å². The Bertz CT molecular complexity index is 1430. The van der Waals surface area contributed by atoms with Gasteiger partial charge in [0.15, 0.2) is 5.69 Å². The molecule has 0 bridgehead atoms. The standard InChI is InChI=1S/C24H19FN6O2/c25-16-4-6-18-15(9-16)2-1-3-19(18)30-24(33)22-21-7-5-17(12-31(21)13-28-22)29-23(32)20-8-14(10-26)11-27-20/h4-9,11-13,19,27H,1-3H2,(H,29,32)(H,30,33)/t19-/m1/s1. The molecule has 0 saturated carbocycles. The molecule has 1 aliphatic carbocycles. The van der Waals surface area contributed by atoms with Gasteiger partial charge in [0.25, 0.3) is 11.8 Å². The number of nitrogens with zero attached hydrogens (tertiary/aromatic N) is 3. The lowest BCUT2D eigenvalue weighted by Gasteiger charge is -2.26. The van der Waals surface area contributed by atoms with Crippen molar-refractivity contribution >= 4 is 23.0 Å². The average Bonchev–Trinajstić information content (AvgIpc) is 3.46. The number of carbonyl (C=O) groups excluding carboxylic acids is 2. The number of carbonyl (C=O) groups is 2. The van der Waals surface area contributed by atoms with Crippen LogP contribution in [0.15, 0.2) is 55.1 Å². The molecule has 5 rings (SSSR count). The number of hydrogen-bond donors (Lipinski definition) is 3. The summed E-state index contributed by atoms with van der Waals surface area (Å²) in [5.74, 6) is -0.973. The summed E-state index contributed by atoms with van der Waals surface area (Å²) >= 11 is 0. The fraction of sp³-hybridized carbons (Fsp3) is 0.167. The molecule has 164 valence electrons. The van der Waals surface area contributed by atoms with Crippen molar-refractivity contribution in [1.29, 1.82) is 5.26 Å². The van der Waals surface area contributed by atoms with Crippen LogP contribution in [0, 0.1) is 17.1 Å². The molecule has 0 spiro atoms. The number of halogens is 1. The number of H-pyrrole nitrogens is 1. The van der Waals surface area contributed by atoms with Crippen LogP contribution in [0.4, 0.5) is 10.1 Å². The molecular formula is C24H19FN6O2. The Kier molecular flexibility index (Phi) is 5.11. The molecule has 0 fully saturated rings. The number of rotatable bonds is 4. The third kappa shape index (κ3) is 3.94. The second-order valence-electron chi connectivity index (χ2n) is 7.93. The normalized spacial score (nSPS) is 15.0. The van der Waals surface area contributed by atoms with E-state index in [0.29, 0.717) is 16.8 Å². The van der Waals surface area contributed by atoms with E-state index in [-0.39, 0.29) is 35.1 Å². The molecule has 0 unspecified atom stereocenters. The van der Waals surface area contributed by atoms with Crippen LogP contribution < -0.4 is 10.6 Å². The molecule has 3 aromatic heterocycles. The molecule has 2 amide bonds. The maximum absolute atomic E-state index is 13.6. The zero-order chi connectivity index (χ0) is 22.9. The fourth-order valence-corrected chi connectivity index (χ4v) is 4.20. The summed E-state index contributed by atoms with van der Waals surface area (Å²) in [6, 6.07) is 11.3. The summed E-state index contributed by atoms with van der Waals surface area (Å²) in [5.41, 5.74) is 3.86. The number of amides is 2. The minimum atomic E-state index is -0.388.